The molecule has 1 heterocycles. The van der Waals surface area contributed by atoms with Gasteiger partial charge in [0.25, 0.3) is 5.91 Å². The molecule has 2 aromatic carbocycles. The molecule has 0 spiro atoms. The molecule has 0 aliphatic carbocycles. The summed E-state index contributed by atoms with van der Waals surface area (Å²) < 4.78 is 33.5. The Morgan fingerprint density at radius 3 is 2.59 bits per heavy atom. The predicted octanol–water partition coefficient (Wildman–Crippen LogP) is 4.13. The molecule has 0 radical (unpaired) electrons. The van der Waals surface area contributed by atoms with Crippen LogP contribution < -0.4 is 10.1 Å². The van der Waals surface area contributed by atoms with Gasteiger partial charge in [-0.15, -0.1) is 0 Å². The van der Waals surface area contributed by atoms with Crippen LogP contribution in [0.1, 0.15) is 47.7 Å². The van der Waals surface area contributed by atoms with Gasteiger partial charge in [-0.3, -0.25) is 4.79 Å². The Morgan fingerprint density at radius 2 is 1.90 bits per heavy atom. The zero-order valence-electron chi connectivity index (χ0n) is 17.4. The second-order valence-corrected chi connectivity index (χ2v) is 9.46. The van der Waals surface area contributed by atoms with Crippen molar-refractivity contribution in [2.45, 2.75) is 51.0 Å². The van der Waals surface area contributed by atoms with Crippen LogP contribution in [-0.4, -0.2) is 38.3 Å². The number of rotatable bonds is 5. The lowest BCUT2D eigenvalue weighted by molar-refractivity contribution is 0.102. The van der Waals surface area contributed by atoms with E-state index < -0.39 is 10.0 Å². The number of sulfonamides is 1. The smallest absolute Gasteiger partial charge is 0.255 e. The number of aryl methyl sites for hydroxylation is 2. The van der Waals surface area contributed by atoms with Gasteiger partial charge < -0.3 is 10.1 Å². The Hall–Kier alpha value is -2.38. The van der Waals surface area contributed by atoms with Gasteiger partial charge in [-0.1, -0.05) is 18.6 Å². The molecule has 3 rings (SSSR count). The van der Waals surface area contributed by atoms with Crippen LogP contribution >= 0.6 is 0 Å². The molecule has 1 aliphatic rings. The summed E-state index contributed by atoms with van der Waals surface area (Å²) in [6.45, 7) is 6.26. The van der Waals surface area contributed by atoms with Crippen LogP contribution in [-0.2, 0) is 10.0 Å². The van der Waals surface area contributed by atoms with Crippen molar-refractivity contribution in [2.75, 3.05) is 19.0 Å². The van der Waals surface area contributed by atoms with Crippen molar-refractivity contribution in [1.29, 1.82) is 0 Å². The second-order valence-electron chi connectivity index (χ2n) is 7.60. The van der Waals surface area contributed by atoms with E-state index in [0.29, 0.717) is 12.2 Å². The van der Waals surface area contributed by atoms with Crippen molar-refractivity contribution >= 4 is 21.6 Å². The van der Waals surface area contributed by atoms with E-state index in [1.54, 1.807) is 12.1 Å². The third kappa shape index (κ3) is 4.46. The van der Waals surface area contributed by atoms with Gasteiger partial charge in [-0.2, -0.15) is 4.31 Å². The third-order valence-electron chi connectivity index (χ3n) is 5.40. The molecule has 1 atom stereocenters. The van der Waals surface area contributed by atoms with Gasteiger partial charge in [-0.05, 0) is 69.0 Å². The summed E-state index contributed by atoms with van der Waals surface area (Å²) in [5.41, 5.74) is 2.95. The zero-order valence-corrected chi connectivity index (χ0v) is 18.2. The number of nitrogens with zero attached hydrogens (tertiary/aromatic N) is 1. The zero-order chi connectivity index (χ0) is 21.2. The number of anilines is 1. The summed E-state index contributed by atoms with van der Waals surface area (Å²) in [4.78, 5) is 12.9. The first-order valence-electron chi connectivity index (χ1n) is 9.82. The van der Waals surface area contributed by atoms with Crippen molar-refractivity contribution in [3.63, 3.8) is 0 Å². The van der Waals surface area contributed by atoms with Gasteiger partial charge in [0.05, 0.1) is 7.11 Å². The molecule has 6 nitrogen and oxygen atoms in total. The number of carbonyl (C=O) groups excluding carboxylic acids is 1. The molecule has 29 heavy (non-hydrogen) atoms. The molecular formula is C22H28N2O4S. The molecule has 2 aromatic rings. The Balaban J connectivity index is 1.96. The maximum Gasteiger partial charge on any atom is 0.255 e. The molecule has 7 heteroatoms. The van der Waals surface area contributed by atoms with Gasteiger partial charge in [0.15, 0.2) is 0 Å². The van der Waals surface area contributed by atoms with E-state index in [2.05, 4.69) is 5.32 Å². The fourth-order valence-electron chi connectivity index (χ4n) is 3.64. The lowest BCUT2D eigenvalue weighted by Crippen LogP contribution is -2.42. The highest BCUT2D eigenvalue weighted by atomic mass is 32.2. The average Bonchev–Trinajstić information content (AvgIpc) is 2.70. The molecule has 1 aliphatic heterocycles. The van der Waals surface area contributed by atoms with E-state index in [0.717, 1.165) is 30.4 Å². The molecule has 1 N–H and O–H groups in total. The minimum Gasteiger partial charge on any atom is -0.495 e. The fraction of sp³-hybridized carbons (Fsp3) is 0.409. The van der Waals surface area contributed by atoms with Gasteiger partial charge in [0.1, 0.15) is 10.6 Å². The van der Waals surface area contributed by atoms with Crippen molar-refractivity contribution in [2.24, 2.45) is 0 Å². The summed E-state index contributed by atoms with van der Waals surface area (Å²) in [5, 5.41) is 2.88. The lowest BCUT2D eigenvalue weighted by Gasteiger charge is -2.32. The molecule has 1 amide bonds. The summed E-state index contributed by atoms with van der Waals surface area (Å²) in [5.74, 6) is -0.115. The molecule has 0 bridgehead atoms. The number of benzene rings is 2. The molecule has 0 aromatic heterocycles. The Labute approximate surface area is 172 Å². The van der Waals surface area contributed by atoms with Crippen LogP contribution in [0.4, 0.5) is 5.69 Å². The number of carbonyl (C=O) groups is 1. The van der Waals surface area contributed by atoms with Crippen LogP contribution in [0.25, 0.3) is 0 Å². The summed E-state index contributed by atoms with van der Waals surface area (Å²) in [7, 11) is -2.34. The number of amides is 1. The normalized spacial score (nSPS) is 17.7. The standard InChI is InChI=1S/C22H28N2O4S/c1-15-8-9-16(2)19(13-15)23-22(25)18-10-11-20(28-4)21(14-18)29(26,27)24-12-6-5-7-17(24)3/h8-11,13-14,17H,5-7,12H2,1-4H3,(H,23,25). The van der Waals surface area contributed by atoms with Crippen molar-refractivity contribution in [3.8, 4) is 5.75 Å². The summed E-state index contributed by atoms with van der Waals surface area (Å²) in [6, 6.07) is 10.3. The van der Waals surface area contributed by atoms with E-state index in [1.807, 2.05) is 39.0 Å². The third-order valence-corrected chi connectivity index (χ3v) is 7.43. The Morgan fingerprint density at radius 1 is 1.14 bits per heavy atom. The molecule has 156 valence electrons. The molecule has 1 saturated heterocycles. The highest BCUT2D eigenvalue weighted by Gasteiger charge is 2.33. The highest BCUT2D eigenvalue weighted by Crippen LogP contribution is 2.32. The average molecular weight is 417 g/mol. The highest BCUT2D eigenvalue weighted by molar-refractivity contribution is 7.89. The van der Waals surface area contributed by atoms with E-state index >= 15 is 0 Å². The minimum absolute atomic E-state index is 0.0300. The van der Waals surface area contributed by atoms with Crippen LogP contribution in [0, 0.1) is 13.8 Å². The van der Waals surface area contributed by atoms with Gasteiger partial charge in [0.2, 0.25) is 10.0 Å². The quantitative estimate of drug-likeness (QED) is 0.795. The molecule has 1 unspecified atom stereocenters. The fourth-order valence-corrected chi connectivity index (χ4v) is 5.52. The van der Waals surface area contributed by atoms with Crippen molar-refractivity contribution in [1.82, 2.24) is 4.31 Å². The largest absolute Gasteiger partial charge is 0.495 e. The second kappa shape index (κ2) is 8.55. The lowest BCUT2D eigenvalue weighted by atomic mass is 10.1. The number of ether oxygens (including phenoxy) is 1. The maximum absolute atomic E-state index is 13.3. The summed E-state index contributed by atoms with van der Waals surface area (Å²) >= 11 is 0. The predicted molar refractivity (Wildman–Crippen MR) is 114 cm³/mol. The number of hydrogen-bond acceptors (Lipinski definition) is 4. The number of piperidine rings is 1. The first-order chi connectivity index (χ1) is 13.7. The Bertz CT molecular complexity index is 1020. The van der Waals surface area contributed by atoms with Crippen molar-refractivity contribution in [3.05, 3.63) is 53.1 Å². The van der Waals surface area contributed by atoms with Crippen LogP contribution in [0.15, 0.2) is 41.3 Å². The number of hydrogen-bond donors (Lipinski definition) is 1. The molecule has 0 saturated carbocycles. The van der Waals surface area contributed by atoms with E-state index in [9.17, 15) is 13.2 Å². The molecule has 1 fully saturated rings. The van der Waals surface area contributed by atoms with Crippen molar-refractivity contribution < 1.29 is 17.9 Å². The van der Waals surface area contributed by atoms with Gasteiger partial charge >= 0.3 is 0 Å². The summed E-state index contributed by atoms with van der Waals surface area (Å²) in [6.07, 6.45) is 2.68. The van der Waals surface area contributed by atoms with Crippen LogP contribution in [0.3, 0.4) is 0 Å². The minimum atomic E-state index is -3.77. The topological polar surface area (TPSA) is 75.7 Å². The van der Waals surface area contributed by atoms with Crippen LogP contribution in [0.5, 0.6) is 5.75 Å². The van der Waals surface area contributed by atoms with Gasteiger partial charge in [0, 0.05) is 23.8 Å². The SMILES string of the molecule is COc1ccc(C(=O)Nc2cc(C)ccc2C)cc1S(=O)(=O)N1CCCCC1C. The maximum atomic E-state index is 13.3. The number of nitrogens with one attached hydrogen (secondary N) is 1. The van der Waals surface area contributed by atoms with E-state index in [1.165, 1.54) is 17.5 Å². The van der Waals surface area contributed by atoms with E-state index in [-0.39, 0.29) is 28.2 Å². The monoisotopic (exact) mass is 416 g/mol. The number of methoxy groups -OCH3 is 1. The van der Waals surface area contributed by atoms with Crippen LogP contribution in [0.2, 0.25) is 0 Å². The first-order valence-corrected chi connectivity index (χ1v) is 11.3. The first kappa shape index (κ1) is 21.3. The Kier molecular flexibility index (Phi) is 6.29. The van der Waals surface area contributed by atoms with E-state index in [4.69, 9.17) is 4.74 Å². The molecular weight excluding hydrogens is 388 g/mol. The van der Waals surface area contributed by atoms with Gasteiger partial charge in [-0.25, -0.2) is 8.42 Å².